The van der Waals surface area contributed by atoms with Gasteiger partial charge in [-0.2, -0.15) is 0 Å². The minimum Gasteiger partial charge on any atom is -0.396 e. The number of rotatable bonds is 5. The lowest BCUT2D eigenvalue weighted by Gasteiger charge is -2.39. The standard InChI is InChI=1S/C10H24OSi2/c1-10(2)13(6,9-7-8-11)12(3,4)5/h11H,1,7-9H2,2-6H3. The van der Waals surface area contributed by atoms with Crippen LogP contribution in [0.1, 0.15) is 13.3 Å². The summed E-state index contributed by atoms with van der Waals surface area (Å²) in [5.41, 5.74) is 0. The highest BCUT2D eigenvalue weighted by Gasteiger charge is 2.40. The fourth-order valence-electron chi connectivity index (χ4n) is 1.66. The van der Waals surface area contributed by atoms with Crippen LogP contribution in [-0.4, -0.2) is 26.9 Å². The highest BCUT2D eigenvalue weighted by Crippen LogP contribution is 2.30. The smallest absolute Gasteiger partial charge is 0.0705 e. The Kier molecular flexibility index (Phi) is 4.62. The van der Waals surface area contributed by atoms with Crippen LogP contribution in [-0.2, 0) is 0 Å². The van der Waals surface area contributed by atoms with Crippen LogP contribution in [0.2, 0.25) is 32.2 Å². The molecule has 0 aromatic rings. The van der Waals surface area contributed by atoms with E-state index in [0.717, 1.165) is 6.42 Å². The second kappa shape index (κ2) is 4.57. The SMILES string of the molecule is C=C(C)[Si](C)(CCCO)[Si](C)(C)C. The molecule has 0 bridgehead atoms. The normalized spacial score (nSPS) is 16.8. The Labute approximate surface area is 84.7 Å². The average Bonchev–Trinajstić information content (AvgIpc) is 1.97. The van der Waals surface area contributed by atoms with Crippen molar-refractivity contribution in [1.82, 2.24) is 0 Å². The van der Waals surface area contributed by atoms with Gasteiger partial charge in [-0.05, 0) is 13.3 Å². The van der Waals surface area contributed by atoms with E-state index in [1.807, 2.05) is 0 Å². The molecule has 0 fully saturated rings. The van der Waals surface area contributed by atoms with Crippen LogP contribution in [0.15, 0.2) is 11.8 Å². The zero-order valence-electron chi connectivity index (χ0n) is 9.78. The molecule has 0 heterocycles. The predicted molar refractivity (Wildman–Crippen MR) is 66.3 cm³/mol. The highest BCUT2D eigenvalue weighted by atomic mass is 29.3. The van der Waals surface area contributed by atoms with E-state index in [0.29, 0.717) is 6.61 Å². The summed E-state index contributed by atoms with van der Waals surface area (Å²) >= 11 is 0. The van der Waals surface area contributed by atoms with Gasteiger partial charge in [-0.1, -0.05) is 37.4 Å². The Hall–Kier alpha value is 0.134. The van der Waals surface area contributed by atoms with Gasteiger partial charge in [0.2, 0.25) is 0 Å². The summed E-state index contributed by atoms with van der Waals surface area (Å²) in [4.78, 5) is 0. The molecule has 0 saturated heterocycles. The lowest BCUT2D eigenvalue weighted by molar-refractivity contribution is 0.294. The van der Waals surface area contributed by atoms with Crippen molar-refractivity contribution in [2.75, 3.05) is 6.61 Å². The third kappa shape index (κ3) is 3.07. The van der Waals surface area contributed by atoms with Crippen LogP contribution in [0.5, 0.6) is 0 Å². The van der Waals surface area contributed by atoms with Crippen LogP contribution in [0.25, 0.3) is 0 Å². The van der Waals surface area contributed by atoms with Gasteiger partial charge in [0.15, 0.2) is 0 Å². The molecule has 0 saturated carbocycles. The zero-order chi connectivity index (χ0) is 10.7. The quantitative estimate of drug-likeness (QED) is 0.701. The van der Waals surface area contributed by atoms with Gasteiger partial charge < -0.3 is 5.11 Å². The Balaban J connectivity index is 4.64. The third-order valence-electron chi connectivity index (χ3n) is 3.43. The Morgan fingerprint density at radius 1 is 1.23 bits per heavy atom. The predicted octanol–water partition coefficient (Wildman–Crippen LogP) is 2.98. The number of allylic oxidation sites excluding steroid dienone is 1. The lowest BCUT2D eigenvalue weighted by atomic mass is 10.5. The molecule has 0 radical (unpaired) electrons. The second-order valence-corrected chi connectivity index (χ2v) is 21.5. The molecule has 1 unspecified atom stereocenters. The summed E-state index contributed by atoms with van der Waals surface area (Å²) in [7, 11) is -2.35. The van der Waals surface area contributed by atoms with Gasteiger partial charge in [0.05, 0.1) is 7.59 Å². The molecule has 0 aliphatic heterocycles. The third-order valence-corrected chi connectivity index (χ3v) is 21.9. The van der Waals surface area contributed by atoms with Gasteiger partial charge >= 0.3 is 0 Å². The fraction of sp³-hybridized carbons (Fsp3) is 0.800. The number of hydrogen-bond acceptors (Lipinski definition) is 1. The van der Waals surface area contributed by atoms with E-state index in [-0.39, 0.29) is 0 Å². The maximum atomic E-state index is 8.89. The first kappa shape index (κ1) is 13.1. The van der Waals surface area contributed by atoms with Gasteiger partial charge in [-0.3, -0.25) is 0 Å². The van der Waals surface area contributed by atoms with E-state index < -0.39 is 15.2 Å². The number of aliphatic hydroxyl groups is 1. The molecule has 0 spiro atoms. The van der Waals surface area contributed by atoms with E-state index in [9.17, 15) is 0 Å². The molecule has 0 aromatic carbocycles. The molecule has 1 atom stereocenters. The molecule has 0 aromatic heterocycles. The fourth-order valence-corrected chi connectivity index (χ4v) is 11.6. The summed E-state index contributed by atoms with van der Waals surface area (Å²) in [6.07, 6.45) is 0.958. The molecule has 0 amide bonds. The van der Waals surface area contributed by atoms with Crippen molar-refractivity contribution >= 4 is 15.2 Å². The average molecular weight is 216 g/mol. The van der Waals surface area contributed by atoms with Gasteiger partial charge in [-0.25, -0.2) is 0 Å². The molecule has 13 heavy (non-hydrogen) atoms. The first-order valence-electron chi connectivity index (χ1n) is 5.02. The molecule has 1 nitrogen and oxygen atoms in total. The zero-order valence-corrected chi connectivity index (χ0v) is 11.8. The van der Waals surface area contributed by atoms with E-state index in [1.165, 1.54) is 11.2 Å². The first-order chi connectivity index (χ1) is 5.75. The Morgan fingerprint density at radius 2 is 1.69 bits per heavy atom. The topological polar surface area (TPSA) is 20.2 Å². The Bertz CT molecular complexity index is 184. The van der Waals surface area contributed by atoms with E-state index in [4.69, 9.17) is 5.11 Å². The van der Waals surface area contributed by atoms with Crippen molar-refractivity contribution in [3.63, 3.8) is 0 Å². The highest BCUT2D eigenvalue weighted by molar-refractivity contribution is 7.43. The van der Waals surface area contributed by atoms with E-state index in [1.54, 1.807) is 0 Å². The molecule has 1 N–H and O–H groups in total. The number of hydrogen-bond donors (Lipinski definition) is 1. The van der Waals surface area contributed by atoms with Crippen molar-refractivity contribution in [3.05, 3.63) is 11.8 Å². The molecular formula is C10H24OSi2. The van der Waals surface area contributed by atoms with Crippen LogP contribution in [0, 0.1) is 0 Å². The maximum absolute atomic E-state index is 8.89. The van der Waals surface area contributed by atoms with Crippen LogP contribution >= 0.6 is 0 Å². The van der Waals surface area contributed by atoms with Crippen LogP contribution < -0.4 is 0 Å². The molecular weight excluding hydrogens is 192 g/mol. The summed E-state index contributed by atoms with van der Waals surface area (Å²) < 4.78 is 0. The lowest BCUT2D eigenvalue weighted by Crippen LogP contribution is -2.55. The monoisotopic (exact) mass is 216 g/mol. The van der Waals surface area contributed by atoms with Crippen molar-refractivity contribution in [1.29, 1.82) is 0 Å². The number of aliphatic hydroxyl groups excluding tert-OH is 1. The van der Waals surface area contributed by atoms with Crippen molar-refractivity contribution in [2.45, 2.75) is 45.6 Å². The maximum Gasteiger partial charge on any atom is 0.0705 e. The van der Waals surface area contributed by atoms with Gasteiger partial charge in [-0.15, -0.1) is 6.58 Å². The molecule has 3 heteroatoms. The van der Waals surface area contributed by atoms with Gasteiger partial charge in [0.25, 0.3) is 0 Å². The summed E-state index contributed by atoms with van der Waals surface area (Å²) in [5.74, 6) is 0. The van der Waals surface area contributed by atoms with E-state index in [2.05, 4.69) is 39.7 Å². The molecule has 78 valence electrons. The summed E-state index contributed by atoms with van der Waals surface area (Å²) in [6, 6.07) is 1.22. The minimum absolute atomic E-state index is 0.334. The van der Waals surface area contributed by atoms with Crippen molar-refractivity contribution < 1.29 is 5.11 Å². The largest absolute Gasteiger partial charge is 0.396 e. The van der Waals surface area contributed by atoms with Crippen LogP contribution in [0.3, 0.4) is 0 Å². The molecule has 0 aliphatic rings. The van der Waals surface area contributed by atoms with Gasteiger partial charge in [0.1, 0.15) is 0 Å². The second-order valence-electron chi connectivity index (χ2n) is 5.19. The molecule has 0 rings (SSSR count). The minimum atomic E-state index is -1.26. The molecule has 0 aliphatic carbocycles. The van der Waals surface area contributed by atoms with Gasteiger partial charge in [0, 0.05) is 14.2 Å². The van der Waals surface area contributed by atoms with Crippen LogP contribution in [0.4, 0.5) is 0 Å². The van der Waals surface area contributed by atoms with Crippen molar-refractivity contribution in [2.24, 2.45) is 0 Å². The van der Waals surface area contributed by atoms with Crippen molar-refractivity contribution in [3.8, 4) is 0 Å². The summed E-state index contributed by atoms with van der Waals surface area (Å²) in [5, 5.41) is 10.3. The Morgan fingerprint density at radius 3 is 1.92 bits per heavy atom. The summed E-state index contributed by atoms with van der Waals surface area (Å²) in [6.45, 7) is 16.4. The first-order valence-corrected chi connectivity index (χ1v) is 12.2. The van der Waals surface area contributed by atoms with E-state index >= 15 is 0 Å².